The van der Waals surface area contributed by atoms with Gasteiger partial charge in [-0.3, -0.25) is 4.79 Å². The highest BCUT2D eigenvalue weighted by Crippen LogP contribution is 2.17. The molecule has 1 unspecified atom stereocenters. The molecule has 1 N–H and O–H groups in total. The molecule has 0 saturated heterocycles. The first-order valence-electron chi connectivity index (χ1n) is 7.89. The van der Waals surface area contributed by atoms with Crippen LogP contribution in [0.1, 0.15) is 48.0 Å². The first kappa shape index (κ1) is 17.5. The third-order valence-electron chi connectivity index (χ3n) is 3.45. The summed E-state index contributed by atoms with van der Waals surface area (Å²) in [5, 5.41) is 4.87. The Morgan fingerprint density at radius 2 is 2.13 bits per heavy atom. The van der Waals surface area contributed by atoms with Gasteiger partial charge in [-0.2, -0.15) is 0 Å². The molecule has 0 aliphatic rings. The van der Waals surface area contributed by atoms with E-state index >= 15 is 0 Å². The number of ether oxygens (including phenoxy) is 1. The van der Waals surface area contributed by atoms with Gasteiger partial charge in [0.05, 0.1) is 11.0 Å². The Kier molecular flexibility index (Phi) is 6.16. The van der Waals surface area contributed by atoms with Gasteiger partial charge >= 0.3 is 0 Å². The molecule has 23 heavy (non-hydrogen) atoms. The van der Waals surface area contributed by atoms with Crippen molar-refractivity contribution in [3.8, 4) is 5.88 Å². The Bertz CT molecular complexity index is 652. The summed E-state index contributed by atoms with van der Waals surface area (Å²) in [6.07, 6.45) is 2.83. The number of thiophene rings is 1. The molecule has 2 heterocycles. The number of nitrogens with one attached hydrogen (secondary N) is 1. The maximum atomic E-state index is 12.1. The van der Waals surface area contributed by atoms with Gasteiger partial charge in [-0.05, 0) is 54.8 Å². The number of hydrogen-bond donors (Lipinski definition) is 1. The molecule has 0 aromatic carbocycles. The summed E-state index contributed by atoms with van der Waals surface area (Å²) in [7, 11) is 0. The third-order valence-corrected chi connectivity index (χ3v) is 4.46. The Morgan fingerprint density at radius 1 is 1.35 bits per heavy atom. The zero-order chi connectivity index (χ0) is 16.8. The molecule has 0 radical (unpaired) electrons. The van der Waals surface area contributed by atoms with Crippen molar-refractivity contribution in [2.45, 2.75) is 46.8 Å². The van der Waals surface area contributed by atoms with Crippen molar-refractivity contribution in [3.63, 3.8) is 0 Å². The second-order valence-corrected chi connectivity index (χ2v) is 7.09. The standard InChI is InChI=1S/C18H24N2O2S/c1-12(2)9-14(4)22-16-10-15(5-7-19-16)11-20-18(21)17-13(3)6-8-23-17/h5-8,10,12,14H,9,11H2,1-4H3,(H,20,21). The van der Waals surface area contributed by atoms with E-state index in [2.05, 4.69) is 31.1 Å². The van der Waals surface area contributed by atoms with Crippen molar-refractivity contribution < 1.29 is 9.53 Å². The Hall–Kier alpha value is -1.88. The van der Waals surface area contributed by atoms with Gasteiger partial charge in [0.2, 0.25) is 5.88 Å². The van der Waals surface area contributed by atoms with E-state index in [0.717, 1.165) is 22.4 Å². The minimum Gasteiger partial charge on any atom is -0.475 e. The summed E-state index contributed by atoms with van der Waals surface area (Å²) in [5.41, 5.74) is 1.99. The first-order chi connectivity index (χ1) is 11.0. The molecule has 0 spiro atoms. The molecule has 2 aromatic heterocycles. The fourth-order valence-electron chi connectivity index (χ4n) is 2.41. The largest absolute Gasteiger partial charge is 0.475 e. The molecular weight excluding hydrogens is 308 g/mol. The number of hydrogen-bond acceptors (Lipinski definition) is 4. The minimum atomic E-state index is -0.0371. The van der Waals surface area contributed by atoms with Gasteiger partial charge in [0.1, 0.15) is 0 Å². The third kappa shape index (κ3) is 5.36. The number of carbonyl (C=O) groups is 1. The lowest BCUT2D eigenvalue weighted by Crippen LogP contribution is -2.22. The molecule has 1 atom stereocenters. The Morgan fingerprint density at radius 3 is 2.78 bits per heavy atom. The van der Waals surface area contributed by atoms with E-state index in [-0.39, 0.29) is 12.0 Å². The fraction of sp³-hybridized carbons (Fsp3) is 0.444. The number of rotatable bonds is 7. The number of aryl methyl sites for hydroxylation is 1. The van der Waals surface area contributed by atoms with Gasteiger partial charge < -0.3 is 10.1 Å². The van der Waals surface area contributed by atoms with Gasteiger partial charge in [0.15, 0.2) is 0 Å². The minimum absolute atomic E-state index is 0.0371. The number of aromatic nitrogens is 1. The zero-order valence-corrected chi connectivity index (χ0v) is 14.9. The van der Waals surface area contributed by atoms with Crippen molar-refractivity contribution in [3.05, 3.63) is 45.8 Å². The van der Waals surface area contributed by atoms with Crippen LogP contribution in [0.15, 0.2) is 29.8 Å². The summed E-state index contributed by atoms with van der Waals surface area (Å²) in [6.45, 7) is 8.81. The maximum absolute atomic E-state index is 12.1. The SMILES string of the molecule is Cc1ccsc1C(=O)NCc1ccnc(OC(C)CC(C)C)c1. The van der Waals surface area contributed by atoms with Crippen LogP contribution in [0.4, 0.5) is 0 Å². The first-order valence-corrected chi connectivity index (χ1v) is 8.77. The monoisotopic (exact) mass is 332 g/mol. The number of nitrogens with zero attached hydrogens (tertiary/aromatic N) is 1. The van der Waals surface area contributed by atoms with Crippen molar-refractivity contribution in [2.75, 3.05) is 0 Å². The predicted molar refractivity (Wildman–Crippen MR) is 94.0 cm³/mol. The van der Waals surface area contributed by atoms with Gasteiger partial charge in [-0.25, -0.2) is 4.98 Å². The van der Waals surface area contributed by atoms with Crippen LogP contribution in [-0.4, -0.2) is 17.0 Å². The zero-order valence-electron chi connectivity index (χ0n) is 14.1. The molecule has 2 aromatic rings. The van der Waals surface area contributed by atoms with Gasteiger partial charge in [0, 0.05) is 18.8 Å². The number of amides is 1. The summed E-state index contributed by atoms with van der Waals surface area (Å²) < 4.78 is 5.84. The smallest absolute Gasteiger partial charge is 0.261 e. The molecule has 124 valence electrons. The summed E-state index contributed by atoms with van der Waals surface area (Å²) in [4.78, 5) is 17.1. The summed E-state index contributed by atoms with van der Waals surface area (Å²) in [5.74, 6) is 1.16. The fourth-order valence-corrected chi connectivity index (χ4v) is 3.25. The molecule has 0 aliphatic heterocycles. The highest BCUT2D eigenvalue weighted by molar-refractivity contribution is 7.12. The van der Waals surface area contributed by atoms with Gasteiger partial charge in [0.25, 0.3) is 5.91 Å². The van der Waals surface area contributed by atoms with Crippen LogP contribution in [0.2, 0.25) is 0 Å². The predicted octanol–water partition coefficient (Wildman–Crippen LogP) is 4.19. The van der Waals surface area contributed by atoms with Crippen molar-refractivity contribution >= 4 is 17.2 Å². The average molecular weight is 332 g/mol. The van der Waals surface area contributed by atoms with Crippen LogP contribution in [0.25, 0.3) is 0 Å². The maximum Gasteiger partial charge on any atom is 0.261 e. The summed E-state index contributed by atoms with van der Waals surface area (Å²) >= 11 is 1.46. The molecule has 4 nitrogen and oxygen atoms in total. The van der Waals surface area contributed by atoms with Crippen molar-refractivity contribution in [1.29, 1.82) is 0 Å². The summed E-state index contributed by atoms with van der Waals surface area (Å²) in [6, 6.07) is 5.73. The van der Waals surface area contributed by atoms with E-state index in [9.17, 15) is 4.79 Å². The highest BCUT2D eigenvalue weighted by atomic mass is 32.1. The van der Waals surface area contributed by atoms with Gasteiger partial charge in [-0.15, -0.1) is 11.3 Å². The van der Waals surface area contributed by atoms with Crippen LogP contribution < -0.4 is 10.1 Å². The van der Waals surface area contributed by atoms with E-state index in [1.165, 1.54) is 11.3 Å². The molecule has 0 aliphatic carbocycles. The molecule has 5 heteroatoms. The van der Waals surface area contributed by atoms with E-state index in [0.29, 0.717) is 18.3 Å². The lowest BCUT2D eigenvalue weighted by Gasteiger charge is -2.16. The molecule has 0 fully saturated rings. The normalized spacial score (nSPS) is 12.2. The van der Waals surface area contributed by atoms with Crippen molar-refractivity contribution in [1.82, 2.24) is 10.3 Å². The molecule has 0 bridgehead atoms. The van der Waals surface area contributed by atoms with Crippen LogP contribution in [0.3, 0.4) is 0 Å². The lowest BCUT2D eigenvalue weighted by molar-refractivity contribution is 0.0954. The van der Waals surface area contributed by atoms with E-state index in [4.69, 9.17) is 4.74 Å². The Labute approximate surface area is 141 Å². The lowest BCUT2D eigenvalue weighted by atomic mass is 10.1. The van der Waals surface area contributed by atoms with E-state index in [1.807, 2.05) is 30.5 Å². The molecular formula is C18H24N2O2S. The second kappa shape index (κ2) is 8.11. The quantitative estimate of drug-likeness (QED) is 0.827. The number of pyridine rings is 1. The van der Waals surface area contributed by atoms with Crippen LogP contribution in [0.5, 0.6) is 5.88 Å². The molecule has 1 amide bonds. The second-order valence-electron chi connectivity index (χ2n) is 6.18. The van der Waals surface area contributed by atoms with E-state index < -0.39 is 0 Å². The van der Waals surface area contributed by atoms with Gasteiger partial charge in [-0.1, -0.05) is 13.8 Å². The molecule has 2 rings (SSSR count). The average Bonchev–Trinajstić information content (AvgIpc) is 2.90. The van der Waals surface area contributed by atoms with Crippen molar-refractivity contribution in [2.24, 2.45) is 5.92 Å². The van der Waals surface area contributed by atoms with E-state index in [1.54, 1.807) is 6.20 Å². The number of carbonyl (C=O) groups excluding carboxylic acids is 1. The van der Waals surface area contributed by atoms with Crippen LogP contribution in [-0.2, 0) is 6.54 Å². The van der Waals surface area contributed by atoms with Crippen LogP contribution in [0, 0.1) is 12.8 Å². The molecule has 0 saturated carbocycles. The Balaban J connectivity index is 1.92. The topological polar surface area (TPSA) is 51.2 Å². The highest BCUT2D eigenvalue weighted by Gasteiger charge is 2.11. The van der Waals surface area contributed by atoms with Crippen LogP contribution >= 0.6 is 11.3 Å².